The maximum atomic E-state index is 15.3. The Kier molecular flexibility index (Phi) is 7.32. The lowest BCUT2D eigenvalue weighted by Crippen LogP contribution is -2.53. The van der Waals surface area contributed by atoms with Crippen molar-refractivity contribution in [1.29, 1.82) is 0 Å². The summed E-state index contributed by atoms with van der Waals surface area (Å²) in [5.41, 5.74) is 4.94. The van der Waals surface area contributed by atoms with Gasteiger partial charge in [-0.25, -0.2) is 23.5 Å². The van der Waals surface area contributed by atoms with Crippen molar-refractivity contribution in [1.82, 2.24) is 18.9 Å². The molecule has 4 aromatic carbocycles. The second kappa shape index (κ2) is 11.8. The Morgan fingerprint density at radius 3 is 2.28 bits per heavy atom. The number of amides is 2. The van der Waals surface area contributed by atoms with Crippen LogP contribution in [-0.2, 0) is 28.0 Å². The molecule has 1 aliphatic carbocycles. The van der Waals surface area contributed by atoms with E-state index in [1.807, 2.05) is 79.7 Å². The molecule has 2 N–H and O–H groups in total. The van der Waals surface area contributed by atoms with Gasteiger partial charge in [0.2, 0.25) is 0 Å². The molecule has 1 saturated carbocycles. The minimum Gasteiger partial charge on any atom is -0.507 e. The second-order valence-corrected chi connectivity index (χ2v) is 13.1. The van der Waals surface area contributed by atoms with E-state index in [0.717, 1.165) is 15.1 Å². The van der Waals surface area contributed by atoms with Gasteiger partial charge >= 0.3 is 11.4 Å². The number of aromatic hydroxyl groups is 1. The third-order valence-corrected chi connectivity index (χ3v) is 10.5. The van der Waals surface area contributed by atoms with Crippen molar-refractivity contribution < 1.29 is 14.7 Å². The molecule has 50 heavy (non-hydrogen) atoms. The molecule has 8 rings (SSSR count). The Morgan fingerprint density at radius 2 is 1.58 bits per heavy atom. The third kappa shape index (κ3) is 4.41. The highest BCUT2D eigenvalue weighted by Crippen LogP contribution is 2.62. The van der Waals surface area contributed by atoms with Gasteiger partial charge in [-0.05, 0) is 60.7 Å². The summed E-state index contributed by atoms with van der Waals surface area (Å²) in [5, 5.41) is 13.0. The molecule has 2 fully saturated rings. The summed E-state index contributed by atoms with van der Waals surface area (Å²) >= 11 is 0. The number of phenols is 1. The molecule has 5 aromatic rings. The predicted molar refractivity (Wildman–Crippen MR) is 189 cm³/mol. The average Bonchev–Trinajstić information content (AvgIpc) is 3.52. The van der Waals surface area contributed by atoms with Crippen molar-refractivity contribution >= 4 is 17.5 Å². The van der Waals surface area contributed by atoms with E-state index < -0.39 is 46.5 Å². The summed E-state index contributed by atoms with van der Waals surface area (Å²) in [7, 11) is 0. The number of allylic oxidation sites excluding steroid dienone is 3. The normalized spacial score (nSPS) is 22.4. The lowest BCUT2D eigenvalue weighted by atomic mass is 9.53. The number of para-hydroxylation sites is 2. The Hall–Kier alpha value is -6.16. The number of imide groups is 1. The number of hydrogen-bond acceptors (Lipinski definition) is 6. The monoisotopic (exact) mass is 665 g/mol. The fraction of sp³-hybridized carbons (Fsp3) is 0.200. The minimum absolute atomic E-state index is 0.00429. The largest absolute Gasteiger partial charge is 0.507 e. The molecule has 1 aromatic heterocycles. The lowest BCUT2D eigenvalue weighted by Gasteiger charge is -2.49. The van der Waals surface area contributed by atoms with Gasteiger partial charge in [0.1, 0.15) is 5.75 Å². The molecule has 2 amide bonds. The van der Waals surface area contributed by atoms with Gasteiger partial charge in [-0.3, -0.25) is 15.0 Å². The van der Waals surface area contributed by atoms with Crippen LogP contribution in [0.4, 0.5) is 5.69 Å². The van der Waals surface area contributed by atoms with Crippen LogP contribution < -0.4 is 16.8 Å². The van der Waals surface area contributed by atoms with Gasteiger partial charge in [0.25, 0.3) is 11.8 Å². The maximum Gasteiger partial charge on any atom is 0.352 e. The Labute approximate surface area is 287 Å². The molecule has 3 aliphatic rings. The van der Waals surface area contributed by atoms with Crippen LogP contribution in [-0.4, -0.2) is 35.9 Å². The molecule has 4 unspecified atom stereocenters. The van der Waals surface area contributed by atoms with Crippen molar-refractivity contribution in [3.05, 3.63) is 171 Å². The SMILES string of the molecule is C=CCc1cccc(C2C3=CCn4c(=O)n(-c5ccccc5)c(=O)n4C3CC3C(=O)N(Nc4ccc(C)cc4)C(=O)C32c2ccccc2)c1O. The molecule has 10 heteroatoms. The second-order valence-electron chi connectivity index (χ2n) is 13.1. The summed E-state index contributed by atoms with van der Waals surface area (Å²) in [5.74, 6) is -2.78. The van der Waals surface area contributed by atoms with Crippen LogP contribution in [0.5, 0.6) is 5.75 Å². The molecule has 2 aliphatic heterocycles. The van der Waals surface area contributed by atoms with Gasteiger partial charge in [-0.2, -0.15) is 5.01 Å². The first-order valence-electron chi connectivity index (χ1n) is 16.7. The number of rotatable bonds is 7. The van der Waals surface area contributed by atoms with Crippen LogP contribution in [0.15, 0.2) is 137 Å². The van der Waals surface area contributed by atoms with E-state index in [-0.39, 0.29) is 18.7 Å². The van der Waals surface area contributed by atoms with Crippen LogP contribution in [0.3, 0.4) is 0 Å². The lowest BCUT2D eigenvalue weighted by molar-refractivity contribution is -0.138. The van der Waals surface area contributed by atoms with Gasteiger partial charge in [-0.15, -0.1) is 6.58 Å². The van der Waals surface area contributed by atoms with E-state index in [1.165, 1.54) is 9.36 Å². The number of anilines is 1. The van der Waals surface area contributed by atoms with E-state index in [4.69, 9.17) is 0 Å². The van der Waals surface area contributed by atoms with Crippen molar-refractivity contribution in [2.45, 2.75) is 43.7 Å². The molecular weight excluding hydrogens is 630 g/mol. The number of aromatic nitrogens is 3. The van der Waals surface area contributed by atoms with Gasteiger partial charge in [0, 0.05) is 11.5 Å². The van der Waals surface area contributed by atoms with Gasteiger partial charge in [0.15, 0.2) is 0 Å². The zero-order chi connectivity index (χ0) is 34.7. The van der Waals surface area contributed by atoms with Crippen LogP contribution in [0, 0.1) is 12.8 Å². The quantitative estimate of drug-likeness (QED) is 0.183. The highest BCUT2D eigenvalue weighted by Gasteiger charge is 2.69. The number of hydrogen-bond donors (Lipinski definition) is 2. The summed E-state index contributed by atoms with van der Waals surface area (Å²) < 4.78 is 3.97. The molecule has 0 bridgehead atoms. The number of benzene rings is 4. The smallest absolute Gasteiger partial charge is 0.352 e. The van der Waals surface area contributed by atoms with Crippen molar-refractivity contribution in [3.8, 4) is 11.4 Å². The number of nitrogens with one attached hydrogen (secondary N) is 1. The highest BCUT2D eigenvalue weighted by atomic mass is 16.3. The fourth-order valence-electron chi connectivity index (χ4n) is 8.32. The molecule has 3 heterocycles. The van der Waals surface area contributed by atoms with Crippen molar-refractivity contribution in [2.24, 2.45) is 5.92 Å². The average molecular weight is 666 g/mol. The summed E-state index contributed by atoms with van der Waals surface area (Å²) in [6.45, 7) is 5.87. The van der Waals surface area contributed by atoms with Gasteiger partial charge < -0.3 is 5.11 Å². The van der Waals surface area contributed by atoms with Crippen LogP contribution in [0.2, 0.25) is 0 Å². The van der Waals surface area contributed by atoms with E-state index in [0.29, 0.717) is 40.1 Å². The third-order valence-electron chi connectivity index (χ3n) is 10.5. The Morgan fingerprint density at radius 1 is 0.880 bits per heavy atom. The number of phenolic OH excluding ortho intramolecular Hbond substituents is 1. The molecule has 4 atom stereocenters. The number of fused-ring (bicyclic) bond motifs is 4. The molecule has 0 radical (unpaired) electrons. The van der Waals surface area contributed by atoms with Crippen LogP contribution >= 0.6 is 0 Å². The number of nitrogens with zero attached hydrogens (tertiary/aromatic N) is 4. The fourth-order valence-corrected chi connectivity index (χ4v) is 8.32. The van der Waals surface area contributed by atoms with E-state index in [1.54, 1.807) is 42.5 Å². The van der Waals surface area contributed by atoms with E-state index >= 15 is 4.79 Å². The number of aryl methyl sites for hydroxylation is 1. The van der Waals surface area contributed by atoms with Gasteiger partial charge in [0.05, 0.1) is 35.3 Å². The number of hydrazine groups is 1. The Balaban J connectivity index is 1.39. The highest BCUT2D eigenvalue weighted by molar-refractivity contribution is 6.12. The first-order valence-corrected chi connectivity index (χ1v) is 16.7. The molecule has 1 saturated heterocycles. The van der Waals surface area contributed by atoms with Crippen molar-refractivity contribution in [2.75, 3.05) is 5.43 Å². The first kappa shape index (κ1) is 31.1. The zero-order valence-electron chi connectivity index (χ0n) is 27.4. The van der Waals surface area contributed by atoms with Crippen molar-refractivity contribution in [3.63, 3.8) is 0 Å². The van der Waals surface area contributed by atoms with E-state index in [9.17, 15) is 19.5 Å². The predicted octanol–water partition coefficient (Wildman–Crippen LogP) is 5.16. The number of carbonyl (C=O) groups is 2. The first-order chi connectivity index (χ1) is 24.3. The zero-order valence-corrected chi connectivity index (χ0v) is 27.4. The summed E-state index contributed by atoms with van der Waals surface area (Å²) in [6.07, 6.45) is 4.03. The molecular formula is C40H35N5O5. The van der Waals surface area contributed by atoms with Gasteiger partial charge in [-0.1, -0.05) is 96.6 Å². The maximum absolute atomic E-state index is 15.3. The molecule has 0 spiro atoms. The van der Waals surface area contributed by atoms with Crippen LogP contribution in [0.1, 0.15) is 40.6 Å². The summed E-state index contributed by atoms with van der Waals surface area (Å²) in [4.78, 5) is 58.2. The summed E-state index contributed by atoms with van der Waals surface area (Å²) in [6, 6.07) is 30.0. The van der Waals surface area contributed by atoms with E-state index in [2.05, 4.69) is 12.0 Å². The topological polar surface area (TPSA) is 119 Å². The standard InChI is InChI=1S/C40H35N5O5/c1-3-11-26-12-10-17-31(35(26)46)34-30-22-23-42-38(49)43(29-15-8-5-9-16-29)39(50)45(42)33(30)24-32-36(47)44(41-28-20-18-25(2)19-21-28)37(48)40(32,34)27-13-6-4-7-14-27/h3-10,12-22,32-34,41,46H,1,11,23-24H2,2H3. The van der Waals surface area contributed by atoms with Crippen LogP contribution in [0.25, 0.3) is 5.69 Å². The molecule has 10 nitrogen and oxygen atoms in total. The number of carbonyl (C=O) groups excluding carboxylic acids is 2. The Bertz CT molecular complexity index is 2320. The minimum atomic E-state index is -1.50. The molecule has 250 valence electrons.